The molecule has 0 aliphatic rings. The van der Waals surface area contributed by atoms with Gasteiger partial charge in [-0.05, 0) is 38.8 Å². The second-order valence-electron chi connectivity index (χ2n) is 6.05. The predicted molar refractivity (Wildman–Crippen MR) is 98.3 cm³/mol. The van der Waals surface area contributed by atoms with Crippen molar-refractivity contribution in [3.05, 3.63) is 42.0 Å². The zero-order valence-electron chi connectivity index (χ0n) is 14.0. The van der Waals surface area contributed by atoms with Gasteiger partial charge in [0.1, 0.15) is 5.60 Å². The summed E-state index contributed by atoms with van der Waals surface area (Å²) in [4.78, 5) is 25.6. The maximum Gasteiger partial charge on any atom is 0.417 e. The van der Waals surface area contributed by atoms with Gasteiger partial charge in [0, 0.05) is 0 Å². The number of benzene rings is 1. The number of allylic oxidation sites excluding steroid dienone is 1. The van der Waals surface area contributed by atoms with E-state index >= 15 is 0 Å². The minimum atomic E-state index is -2.26. The number of hydrogen-bond acceptors (Lipinski definition) is 3. The van der Waals surface area contributed by atoms with Crippen molar-refractivity contribution in [2.45, 2.75) is 37.1 Å². The molecule has 0 radical (unpaired) electrons. The first kappa shape index (κ1) is 20.8. The monoisotopic (exact) mass is 391 g/mol. The molecule has 0 saturated carbocycles. The highest BCUT2D eigenvalue weighted by molar-refractivity contribution is 6.76. The number of rotatable bonds is 3. The molecule has 0 bridgehead atoms. The molecule has 0 saturated heterocycles. The summed E-state index contributed by atoms with van der Waals surface area (Å²) in [7, 11) is 0. The van der Waals surface area contributed by atoms with Crippen LogP contribution in [0.4, 0.5) is 4.79 Å². The van der Waals surface area contributed by atoms with Crippen LogP contribution in [0.3, 0.4) is 0 Å². The summed E-state index contributed by atoms with van der Waals surface area (Å²) < 4.78 is 3.00. The molecule has 0 spiro atoms. The lowest BCUT2D eigenvalue weighted by Gasteiger charge is -2.28. The molecule has 1 rings (SSSR count). The maximum atomic E-state index is 12.4. The van der Waals surface area contributed by atoms with E-state index in [0.29, 0.717) is 0 Å². The molecule has 0 unspecified atom stereocenters. The summed E-state index contributed by atoms with van der Waals surface area (Å²) in [6, 6.07) is 9.31. The van der Waals surface area contributed by atoms with Crippen LogP contribution in [0.5, 0.6) is 0 Å². The molecule has 1 aromatic rings. The van der Waals surface area contributed by atoms with Crippen molar-refractivity contribution in [1.82, 2.24) is 4.90 Å². The lowest BCUT2D eigenvalue weighted by Crippen LogP contribution is -2.46. The van der Waals surface area contributed by atoms with Gasteiger partial charge >= 0.3 is 6.09 Å². The van der Waals surface area contributed by atoms with Crippen molar-refractivity contribution in [3.63, 3.8) is 0 Å². The number of ether oxygens (including phenoxy) is 1. The van der Waals surface area contributed by atoms with Gasteiger partial charge in [-0.1, -0.05) is 71.2 Å². The van der Waals surface area contributed by atoms with Crippen LogP contribution in [-0.2, 0) is 9.53 Å². The van der Waals surface area contributed by atoms with Gasteiger partial charge in [0.2, 0.25) is 0 Å². The van der Waals surface area contributed by atoms with Crippen molar-refractivity contribution in [1.29, 1.82) is 0 Å². The van der Waals surface area contributed by atoms with Crippen LogP contribution in [-0.4, -0.2) is 32.8 Å². The summed E-state index contributed by atoms with van der Waals surface area (Å²) in [6.07, 6.45) is 0.923. The third kappa shape index (κ3) is 6.34. The zero-order valence-corrected chi connectivity index (χ0v) is 16.2. The molecule has 0 heterocycles. The van der Waals surface area contributed by atoms with Gasteiger partial charge in [-0.3, -0.25) is 4.79 Å². The number of halogens is 3. The Labute approximate surface area is 157 Å². The van der Waals surface area contributed by atoms with Crippen LogP contribution >= 0.6 is 34.8 Å². The van der Waals surface area contributed by atoms with Crippen molar-refractivity contribution in [3.8, 4) is 0 Å². The molecule has 0 aliphatic heterocycles. The molecule has 24 heavy (non-hydrogen) atoms. The minimum absolute atomic E-state index is 0.0673. The number of hydrogen-bond donors (Lipinski definition) is 0. The Morgan fingerprint density at radius 2 is 1.67 bits per heavy atom. The average Bonchev–Trinajstić information content (AvgIpc) is 2.46. The van der Waals surface area contributed by atoms with Gasteiger partial charge in [0.05, 0.1) is 6.54 Å². The van der Waals surface area contributed by atoms with Gasteiger partial charge in [-0.25, -0.2) is 9.69 Å². The Bertz CT molecular complexity index is 616. The largest absolute Gasteiger partial charge is 0.443 e. The minimum Gasteiger partial charge on any atom is -0.443 e. The number of alkyl halides is 3. The van der Waals surface area contributed by atoms with Crippen LogP contribution in [0.2, 0.25) is 0 Å². The Hall–Kier alpha value is -1.23. The quantitative estimate of drug-likeness (QED) is 0.662. The Balaban J connectivity index is 3.14. The molecule has 132 valence electrons. The number of carbonyl (C=O) groups is 2. The second-order valence-corrected chi connectivity index (χ2v) is 8.33. The van der Waals surface area contributed by atoms with Crippen LogP contribution in [0.25, 0.3) is 5.57 Å². The van der Waals surface area contributed by atoms with E-state index in [4.69, 9.17) is 39.5 Å². The van der Waals surface area contributed by atoms with Gasteiger partial charge in [0.25, 0.3) is 9.70 Å². The van der Waals surface area contributed by atoms with E-state index in [1.54, 1.807) is 33.8 Å². The van der Waals surface area contributed by atoms with E-state index in [-0.39, 0.29) is 6.54 Å². The fourth-order valence-corrected chi connectivity index (χ4v) is 2.17. The molecular formula is C17H20Cl3NO3. The van der Waals surface area contributed by atoms with Crippen LogP contribution in [0, 0.1) is 0 Å². The van der Waals surface area contributed by atoms with Crippen LogP contribution < -0.4 is 0 Å². The van der Waals surface area contributed by atoms with Crippen LogP contribution in [0.15, 0.2) is 36.4 Å². The van der Waals surface area contributed by atoms with E-state index in [1.807, 2.05) is 30.3 Å². The highest BCUT2D eigenvalue weighted by Crippen LogP contribution is 2.30. The Kier molecular flexibility index (Phi) is 7.14. The number of carbonyl (C=O) groups excluding carboxylic acids is 2. The normalized spacial score (nSPS) is 12.7. The van der Waals surface area contributed by atoms with E-state index in [1.165, 1.54) is 0 Å². The van der Waals surface area contributed by atoms with E-state index in [2.05, 4.69) is 0 Å². The lowest BCUT2D eigenvalue weighted by atomic mass is 10.1. The molecule has 0 atom stereocenters. The molecule has 0 fully saturated rings. The molecular weight excluding hydrogens is 373 g/mol. The zero-order chi connectivity index (χ0) is 18.5. The first-order valence-corrected chi connectivity index (χ1v) is 8.41. The predicted octanol–water partition coefficient (Wildman–Crippen LogP) is 5.22. The molecule has 4 nitrogen and oxygen atoms in total. The maximum absolute atomic E-state index is 12.4. The smallest absolute Gasteiger partial charge is 0.417 e. The first-order chi connectivity index (χ1) is 11.0. The number of imide groups is 1. The number of nitrogens with zero attached hydrogens (tertiary/aromatic N) is 1. The molecule has 0 N–H and O–H groups in total. The average molecular weight is 393 g/mol. The Morgan fingerprint density at radius 3 is 2.08 bits per heavy atom. The highest BCUT2D eigenvalue weighted by atomic mass is 35.6. The van der Waals surface area contributed by atoms with Gasteiger partial charge in [-0.2, -0.15) is 0 Å². The summed E-state index contributed by atoms with van der Waals surface area (Å²) in [5.41, 5.74) is 0.793. The molecule has 7 heteroatoms. The van der Waals surface area contributed by atoms with Crippen molar-refractivity contribution >= 4 is 52.4 Å². The van der Waals surface area contributed by atoms with Gasteiger partial charge in [-0.15, -0.1) is 0 Å². The standard InChI is InChI=1S/C17H20Cl3NO3/c1-5-12(13-9-7-6-8-10-13)11-21(14(22)17(18,19)20)15(23)24-16(2,3)4/h5-10H,11H2,1-4H3/b12-5-. The Morgan fingerprint density at radius 1 is 1.12 bits per heavy atom. The van der Waals surface area contributed by atoms with Crippen molar-refractivity contribution in [2.24, 2.45) is 0 Å². The molecule has 2 amide bonds. The van der Waals surface area contributed by atoms with E-state index in [0.717, 1.165) is 16.0 Å². The molecule has 0 aliphatic carbocycles. The van der Waals surface area contributed by atoms with E-state index < -0.39 is 21.4 Å². The molecule has 1 aromatic carbocycles. The second kappa shape index (κ2) is 8.24. The summed E-state index contributed by atoms with van der Waals surface area (Å²) in [5.74, 6) is -0.961. The van der Waals surface area contributed by atoms with Crippen molar-refractivity contribution in [2.75, 3.05) is 6.54 Å². The fourth-order valence-electron chi connectivity index (χ4n) is 1.86. The summed E-state index contributed by atoms with van der Waals surface area (Å²) >= 11 is 17.0. The summed E-state index contributed by atoms with van der Waals surface area (Å²) in [6.45, 7) is 6.81. The molecule has 0 aromatic heterocycles. The third-order valence-electron chi connectivity index (χ3n) is 2.92. The topological polar surface area (TPSA) is 46.6 Å². The van der Waals surface area contributed by atoms with Gasteiger partial charge < -0.3 is 4.74 Å². The van der Waals surface area contributed by atoms with Crippen LogP contribution in [0.1, 0.15) is 33.3 Å². The van der Waals surface area contributed by atoms with Gasteiger partial charge in [0.15, 0.2) is 0 Å². The first-order valence-electron chi connectivity index (χ1n) is 7.28. The summed E-state index contributed by atoms with van der Waals surface area (Å²) in [5, 5.41) is 0. The van der Waals surface area contributed by atoms with E-state index in [9.17, 15) is 9.59 Å². The fraction of sp³-hybridized carbons (Fsp3) is 0.412. The number of amides is 2. The third-order valence-corrected chi connectivity index (χ3v) is 3.41. The van der Waals surface area contributed by atoms with Crippen molar-refractivity contribution < 1.29 is 14.3 Å². The lowest BCUT2D eigenvalue weighted by molar-refractivity contribution is -0.128. The SMILES string of the molecule is C/C=C(/CN(C(=O)OC(C)(C)C)C(=O)C(Cl)(Cl)Cl)c1ccccc1. The highest BCUT2D eigenvalue weighted by Gasteiger charge is 2.40.